The van der Waals surface area contributed by atoms with E-state index in [9.17, 15) is 5.11 Å². The number of phenolic OH excluding ortho intramolecular Hbond substituents is 1. The van der Waals surface area contributed by atoms with Gasteiger partial charge in [0.2, 0.25) is 0 Å². The Hall–Kier alpha value is -2.02. The third-order valence-electron chi connectivity index (χ3n) is 3.17. The van der Waals surface area contributed by atoms with E-state index < -0.39 is 0 Å². The molecule has 0 atom stereocenters. The SMILES string of the molecule is C=Cc1ccc(Cc2cc(C)c(O)c(C)c2)cc1. The van der Waals surface area contributed by atoms with E-state index in [2.05, 4.69) is 30.8 Å². The highest BCUT2D eigenvalue weighted by Crippen LogP contribution is 2.24. The molecule has 0 amide bonds. The molecular formula is C17H18O. The molecular weight excluding hydrogens is 220 g/mol. The van der Waals surface area contributed by atoms with E-state index in [0.29, 0.717) is 5.75 Å². The number of aromatic hydroxyl groups is 1. The molecule has 0 heterocycles. The zero-order valence-electron chi connectivity index (χ0n) is 10.9. The molecule has 1 heteroatoms. The Morgan fingerprint density at radius 2 is 1.56 bits per heavy atom. The fourth-order valence-electron chi connectivity index (χ4n) is 2.15. The predicted octanol–water partition coefficient (Wildman–Crippen LogP) is 4.24. The van der Waals surface area contributed by atoms with Crippen LogP contribution in [0.5, 0.6) is 5.75 Å². The van der Waals surface area contributed by atoms with E-state index in [4.69, 9.17) is 0 Å². The Balaban J connectivity index is 2.25. The van der Waals surface area contributed by atoms with Gasteiger partial charge >= 0.3 is 0 Å². The topological polar surface area (TPSA) is 20.2 Å². The fourth-order valence-corrected chi connectivity index (χ4v) is 2.15. The third kappa shape index (κ3) is 2.62. The van der Waals surface area contributed by atoms with Gasteiger partial charge in [-0.3, -0.25) is 0 Å². The highest BCUT2D eigenvalue weighted by atomic mass is 16.3. The van der Waals surface area contributed by atoms with Crippen molar-refractivity contribution in [1.29, 1.82) is 0 Å². The summed E-state index contributed by atoms with van der Waals surface area (Å²) in [6, 6.07) is 12.5. The minimum absolute atomic E-state index is 0.403. The van der Waals surface area contributed by atoms with Gasteiger partial charge in [-0.25, -0.2) is 0 Å². The maximum absolute atomic E-state index is 9.75. The number of aryl methyl sites for hydroxylation is 2. The second-order valence-corrected chi connectivity index (χ2v) is 4.70. The first-order chi connectivity index (χ1) is 8.60. The Kier molecular flexibility index (Phi) is 3.52. The molecule has 2 rings (SSSR count). The monoisotopic (exact) mass is 238 g/mol. The van der Waals surface area contributed by atoms with Crippen molar-refractivity contribution in [1.82, 2.24) is 0 Å². The van der Waals surface area contributed by atoms with Crippen molar-refractivity contribution in [3.8, 4) is 5.75 Å². The molecule has 0 spiro atoms. The molecule has 92 valence electrons. The molecule has 1 nitrogen and oxygen atoms in total. The molecule has 0 saturated heterocycles. The van der Waals surface area contributed by atoms with Crippen LogP contribution in [0, 0.1) is 13.8 Å². The molecule has 0 aliphatic carbocycles. The summed E-state index contributed by atoms with van der Waals surface area (Å²) in [4.78, 5) is 0. The average Bonchev–Trinajstić information content (AvgIpc) is 2.37. The number of rotatable bonds is 3. The van der Waals surface area contributed by atoms with Crippen LogP contribution in [-0.2, 0) is 6.42 Å². The van der Waals surface area contributed by atoms with E-state index in [0.717, 1.165) is 23.1 Å². The van der Waals surface area contributed by atoms with E-state index >= 15 is 0 Å². The number of hydrogen-bond acceptors (Lipinski definition) is 1. The Morgan fingerprint density at radius 3 is 2.06 bits per heavy atom. The van der Waals surface area contributed by atoms with Crippen LogP contribution < -0.4 is 0 Å². The van der Waals surface area contributed by atoms with Crippen LogP contribution in [0.25, 0.3) is 6.08 Å². The van der Waals surface area contributed by atoms with Crippen LogP contribution in [0.2, 0.25) is 0 Å². The standard InChI is InChI=1S/C17H18O/c1-4-14-5-7-15(8-6-14)11-16-9-12(2)17(18)13(3)10-16/h4-10,18H,1,11H2,2-3H3. The maximum atomic E-state index is 9.75. The summed E-state index contributed by atoms with van der Waals surface area (Å²) in [6.45, 7) is 7.62. The van der Waals surface area contributed by atoms with Gasteiger partial charge in [0.25, 0.3) is 0 Å². The molecule has 2 aromatic rings. The summed E-state index contributed by atoms with van der Waals surface area (Å²) in [6.07, 6.45) is 2.73. The van der Waals surface area contributed by atoms with Crippen LogP contribution in [-0.4, -0.2) is 5.11 Å². The summed E-state index contributed by atoms with van der Waals surface area (Å²) >= 11 is 0. The zero-order chi connectivity index (χ0) is 13.1. The molecule has 0 unspecified atom stereocenters. The third-order valence-corrected chi connectivity index (χ3v) is 3.17. The first-order valence-corrected chi connectivity index (χ1v) is 6.10. The van der Waals surface area contributed by atoms with E-state index in [1.165, 1.54) is 11.1 Å². The molecule has 0 fully saturated rings. The summed E-state index contributed by atoms with van der Waals surface area (Å²) in [5.41, 5.74) is 5.51. The molecule has 0 saturated carbocycles. The molecule has 0 radical (unpaired) electrons. The van der Waals surface area contributed by atoms with Crippen molar-refractivity contribution in [2.45, 2.75) is 20.3 Å². The smallest absolute Gasteiger partial charge is 0.121 e. The van der Waals surface area contributed by atoms with Gasteiger partial charge in [0.1, 0.15) is 5.75 Å². The van der Waals surface area contributed by atoms with Crippen LogP contribution in [0.1, 0.15) is 27.8 Å². The normalized spacial score (nSPS) is 10.3. The molecule has 0 bridgehead atoms. The Labute approximate surface area is 108 Å². The van der Waals surface area contributed by atoms with Gasteiger partial charge in [-0.15, -0.1) is 0 Å². The average molecular weight is 238 g/mol. The minimum atomic E-state index is 0.403. The molecule has 18 heavy (non-hydrogen) atoms. The molecule has 1 N–H and O–H groups in total. The number of hydrogen-bond donors (Lipinski definition) is 1. The van der Waals surface area contributed by atoms with E-state index in [1.54, 1.807) is 0 Å². The predicted molar refractivity (Wildman–Crippen MR) is 76.9 cm³/mol. The summed E-state index contributed by atoms with van der Waals surface area (Å²) < 4.78 is 0. The lowest BCUT2D eigenvalue weighted by Gasteiger charge is -2.08. The lowest BCUT2D eigenvalue weighted by atomic mass is 9.99. The van der Waals surface area contributed by atoms with Crippen molar-refractivity contribution in [2.75, 3.05) is 0 Å². The highest BCUT2D eigenvalue weighted by molar-refractivity contribution is 5.48. The number of phenols is 1. The zero-order valence-corrected chi connectivity index (χ0v) is 10.9. The van der Waals surface area contributed by atoms with Crippen LogP contribution in [0.15, 0.2) is 43.0 Å². The Bertz CT molecular complexity index is 542. The van der Waals surface area contributed by atoms with Gasteiger partial charge in [0, 0.05) is 0 Å². The first-order valence-electron chi connectivity index (χ1n) is 6.10. The molecule has 0 aliphatic rings. The van der Waals surface area contributed by atoms with Crippen LogP contribution in [0.3, 0.4) is 0 Å². The quantitative estimate of drug-likeness (QED) is 0.847. The lowest BCUT2D eigenvalue weighted by Crippen LogP contribution is -1.91. The summed E-state index contributed by atoms with van der Waals surface area (Å²) in [5.74, 6) is 0.403. The number of benzene rings is 2. The fraction of sp³-hybridized carbons (Fsp3) is 0.176. The van der Waals surface area contributed by atoms with Gasteiger partial charge in [0.05, 0.1) is 0 Å². The van der Waals surface area contributed by atoms with Crippen LogP contribution >= 0.6 is 0 Å². The van der Waals surface area contributed by atoms with Crippen LogP contribution in [0.4, 0.5) is 0 Å². The largest absolute Gasteiger partial charge is 0.507 e. The van der Waals surface area contributed by atoms with Gasteiger partial charge < -0.3 is 5.11 Å². The first kappa shape index (κ1) is 12.4. The molecule has 2 aromatic carbocycles. The second-order valence-electron chi connectivity index (χ2n) is 4.70. The van der Waals surface area contributed by atoms with Crippen molar-refractivity contribution >= 4 is 6.08 Å². The van der Waals surface area contributed by atoms with Gasteiger partial charge in [0.15, 0.2) is 0 Å². The summed E-state index contributed by atoms with van der Waals surface area (Å²) in [7, 11) is 0. The second kappa shape index (κ2) is 5.09. The highest BCUT2D eigenvalue weighted by Gasteiger charge is 2.04. The van der Waals surface area contributed by atoms with Gasteiger partial charge in [-0.05, 0) is 48.1 Å². The van der Waals surface area contributed by atoms with Crippen molar-refractivity contribution in [3.63, 3.8) is 0 Å². The van der Waals surface area contributed by atoms with Gasteiger partial charge in [-0.1, -0.05) is 49.1 Å². The summed E-state index contributed by atoms with van der Waals surface area (Å²) in [5, 5.41) is 9.75. The lowest BCUT2D eigenvalue weighted by molar-refractivity contribution is 0.466. The minimum Gasteiger partial charge on any atom is -0.507 e. The van der Waals surface area contributed by atoms with E-state index in [1.807, 2.05) is 32.1 Å². The van der Waals surface area contributed by atoms with Crippen molar-refractivity contribution in [3.05, 3.63) is 70.8 Å². The van der Waals surface area contributed by atoms with Crippen molar-refractivity contribution in [2.24, 2.45) is 0 Å². The van der Waals surface area contributed by atoms with Gasteiger partial charge in [-0.2, -0.15) is 0 Å². The molecule has 0 aliphatic heterocycles. The van der Waals surface area contributed by atoms with Crippen molar-refractivity contribution < 1.29 is 5.11 Å². The maximum Gasteiger partial charge on any atom is 0.121 e. The Morgan fingerprint density at radius 1 is 1.00 bits per heavy atom. The van der Waals surface area contributed by atoms with E-state index in [-0.39, 0.29) is 0 Å². The molecule has 0 aromatic heterocycles.